The highest BCUT2D eigenvalue weighted by molar-refractivity contribution is 5.94. The lowest BCUT2D eigenvalue weighted by atomic mass is 10.1. The van der Waals surface area contributed by atoms with Crippen LogP contribution in [0.2, 0.25) is 0 Å². The molecule has 0 aromatic heterocycles. The Morgan fingerprint density at radius 2 is 1.86 bits per heavy atom. The lowest BCUT2D eigenvalue weighted by molar-refractivity contribution is 0.0557. The van der Waals surface area contributed by atoms with Crippen molar-refractivity contribution in [2.75, 3.05) is 32.7 Å². The van der Waals surface area contributed by atoms with Crippen molar-refractivity contribution in [2.24, 2.45) is 5.73 Å². The second-order valence-corrected chi connectivity index (χ2v) is 5.51. The van der Waals surface area contributed by atoms with Gasteiger partial charge < -0.3 is 15.7 Å². The first-order valence-electron chi connectivity index (χ1n) is 7.68. The number of carbonyl (C=O) groups excluding carboxylic acids is 1. The minimum Gasteiger partial charge on any atom is -0.508 e. The van der Waals surface area contributed by atoms with Gasteiger partial charge in [0.1, 0.15) is 5.75 Å². The molecule has 1 aliphatic heterocycles. The summed E-state index contributed by atoms with van der Waals surface area (Å²) in [5, 5.41) is 9.28. The summed E-state index contributed by atoms with van der Waals surface area (Å²) in [6, 6.07) is 6.98. The number of nitrogens with two attached hydrogens (primary N) is 1. The summed E-state index contributed by atoms with van der Waals surface area (Å²) in [6.07, 6.45) is 2.12. The van der Waals surface area contributed by atoms with Crippen LogP contribution in [0.1, 0.15) is 30.1 Å². The third-order valence-electron chi connectivity index (χ3n) is 4.20. The molecule has 1 unspecified atom stereocenters. The number of carbonyl (C=O) groups is 1. The van der Waals surface area contributed by atoms with Crippen LogP contribution in [-0.4, -0.2) is 59.6 Å². The molecule has 3 N–H and O–H groups in total. The quantitative estimate of drug-likeness (QED) is 0.857. The van der Waals surface area contributed by atoms with Gasteiger partial charge in [-0.2, -0.15) is 0 Å². The molecule has 0 saturated carbocycles. The maximum absolute atomic E-state index is 12.4. The van der Waals surface area contributed by atoms with E-state index in [1.807, 2.05) is 4.90 Å². The molecule has 0 bridgehead atoms. The topological polar surface area (TPSA) is 69.8 Å². The first kappa shape index (κ1) is 15.8. The summed E-state index contributed by atoms with van der Waals surface area (Å²) < 4.78 is 0. The Kier molecular flexibility index (Phi) is 5.59. The first-order chi connectivity index (χ1) is 10.2. The van der Waals surface area contributed by atoms with Crippen molar-refractivity contribution in [3.63, 3.8) is 0 Å². The number of benzene rings is 1. The molecule has 1 heterocycles. The van der Waals surface area contributed by atoms with E-state index in [2.05, 4.69) is 11.8 Å². The summed E-state index contributed by atoms with van der Waals surface area (Å²) in [6.45, 7) is 6.21. The van der Waals surface area contributed by atoms with E-state index < -0.39 is 0 Å². The molecule has 21 heavy (non-hydrogen) atoms. The van der Waals surface area contributed by atoms with E-state index >= 15 is 0 Å². The molecule has 0 aliphatic carbocycles. The van der Waals surface area contributed by atoms with Crippen molar-refractivity contribution in [3.8, 4) is 5.75 Å². The molecule has 5 nitrogen and oxygen atoms in total. The average molecular weight is 291 g/mol. The highest BCUT2D eigenvalue weighted by atomic mass is 16.3. The number of rotatable bonds is 5. The van der Waals surface area contributed by atoms with E-state index in [-0.39, 0.29) is 11.7 Å². The van der Waals surface area contributed by atoms with E-state index in [1.54, 1.807) is 24.3 Å². The number of nitrogens with zero attached hydrogens (tertiary/aromatic N) is 2. The second-order valence-electron chi connectivity index (χ2n) is 5.51. The van der Waals surface area contributed by atoms with Crippen LogP contribution in [0.5, 0.6) is 5.75 Å². The van der Waals surface area contributed by atoms with Gasteiger partial charge in [-0.25, -0.2) is 0 Å². The number of hydrogen-bond acceptors (Lipinski definition) is 4. The normalized spacial score (nSPS) is 17.7. The summed E-state index contributed by atoms with van der Waals surface area (Å²) in [5.74, 6) is 0.227. The average Bonchev–Trinajstić information content (AvgIpc) is 2.53. The maximum Gasteiger partial charge on any atom is 0.253 e. The van der Waals surface area contributed by atoms with E-state index in [1.165, 1.54) is 0 Å². The molecular weight excluding hydrogens is 266 g/mol. The largest absolute Gasteiger partial charge is 0.508 e. The first-order valence-corrected chi connectivity index (χ1v) is 7.68. The van der Waals surface area contributed by atoms with Crippen molar-refractivity contribution in [1.29, 1.82) is 0 Å². The summed E-state index contributed by atoms with van der Waals surface area (Å²) in [4.78, 5) is 16.7. The molecule has 0 spiro atoms. The molecule has 116 valence electrons. The third-order valence-corrected chi connectivity index (χ3v) is 4.20. The van der Waals surface area contributed by atoms with E-state index in [0.29, 0.717) is 18.2 Å². The number of amides is 1. The van der Waals surface area contributed by atoms with Crippen molar-refractivity contribution in [2.45, 2.75) is 25.8 Å². The number of phenols is 1. The molecular formula is C16H25N3O2. The smallest absolute Gasteiger partial charge is 0.253 e. The molecule has 1 amide bonds. The van der Waals surface area contributed by atoms with Crippen LogP contribution in [0.15, 0.2) is 24.3 Å². The van der Waals surface area contributed by atoms with Crippen molar-refractivity contribution in [3.05, 3.63) is 29.8 Å². The Morgan fingerprint density at radius 3 is 2.38 bits per heavy atom. The molecule has 5 heteroatoms. The highest BCUT2D eigenvalue weighted by Gasteiger charge is 2.25. The SMILES string of the molecule is CCC(CCN)N1CCN(C(=O)c2ccc(O)cc2)CC1. The van der Waals surface area contributed by atoms with Gasteiger partial charge in [-0.15, -0.1) is 0 Å². The van der Waals surface area contributed by atoms with Gasteiger partial charge in [0.2, 0.25) is 0 Å². The van der Waals surface area contributed by atoms with Gasteiger partial charge in [0.25, 0.3) is 5.91 Å². The van der Waals surface area contributed by atoms with Gasteiger partial charge in [0, 0.05) is 37.8 Å². The van der Waals surface area contributed by atoms with Gasteiger partial charge >= 0.3 is 0 Å². The summed E-state index contributed by atoms with van der Waals surface area (Å²) in [5.41, 5.74) is 6.30. The summed E-state index contributed by atoms with van der Waals surface area (Å²) >= 11 is 0. The zero-order chi connectivity index (χ0) is 15.2. The zero-order valence-corrected chi connectivity index (χ0v) is 12.7. The Morgan fingerprint density at radius 1 is 1.24 bits per heavy atom. The summed E-state index contributed by atoms with van der Waals surface area (Å²) in [7, 11) is 0. The highest BCUT2D eigenvalue weighted by Crippen LogP contribution is 2.15. The fourth-order valence-corrected chi connectivity index (χ4v) is 2.91. The van der Waals surface area contributed by atoms with E-state index in [9.17, 15) is 9.90 Å². The monoisotopic (exact) mass is 291 g/mol. The van der Waals surface area contributed by atoms with Gasteiger partial charge in [-0.3, -0.25) is 9.69 Å². The number of aromatic hydroxyl groups is 1. The predicted molar refractivity (Wildman–Crippen MR) is 83.3 cm³/mol. The molecule has 1 aliphatic rings. The van der Waals surface area contributed by atoms with E-state index in [4.69, 9.17) is 5.73 Å². The van der Waals surface area contributed by atoms with E-state index in [0.717, 1.165) is 39.0 Å². The van der Waals surface area contributed by atoms with Crippen LogP contribution in [0.4, 0.5) is 0 Å². The number of piperazine rings is 1. The fourth-order valence-electron chi connectivity index (χ4n) is 2.91. The van der Waals surface area contributed by atoms with Crippen LogP contribution in [0.25, 0.3) is 0 Å². The van der Waals surface area contributed by atoms with Gasteiger partial charge in [-0.1, -0.05) is 6.92 Å². The third kappa shape index (κ3) is 3.95. The maximum atomic E-state index is 12.4. The minimum absolute atomic E-state index is 0.0431. The molecule has 1 atom stereocenters. The van der Waals surface area contributed by atoms with Crippen LogP contribution >= 0.6 is 0 Å². The van der Waals surface area contributed by atoms with Gasteiger partial charge in [0.15, 0.2) is 0 Å². The van der Waals surface area contributed by atoms with Crippen molar-refractivity contribution < 1.29 is 9.90 Å². The molecule has 1 saturated heterocycles. The Balaban J connectivity index is 1.91. The van der Waals surface area contributed by atoms with Crippen molar-refractivity contribution >= 4 is 5.91 Å². The van der Waals surface area contributed by atoms with Gasteiger partial charge in [0.05, 0.1) is 0 Å². The lowest BCUT2D eigenvalue weighted by Crippen LogP contribution is -2.52. The lowest BCUT2D eigenvalue weighted by Gasteiger charge is -2.39. The van der Waals surface area contributed by atoms with Crippen molar-refractivity contribution in [1.82, 2.24) is 9.80 Å². The minimum atomic E-state index is 0.0431. The molecule has 1 aromatic carbocycles. The number of hydrogen-bond donors (Lipinski definition) is 2. The van der Waals surface area contributed by atoms with Gasteiger partial charge in [-0.05, 0) is 43.7 Å². The van der Waals surface area contributed by atoms with Crippen LogP contribution in [0, 0.1) is 0 Å². The second kappa shape index (κ2) is 7.43. The number of phenolic OH excluding ortho intramolecular Hbond substituents is 1. The molecule has 2 rings (SSSR count). The Bertz CT molecular complexity index is 453. The van der Waals surface area contributed by atoms with Crippen LogP contribution in [0.3, 0.4) is 0 Å². The van der Waals surface area contributed by atoms with Crippen LogP contribution < -0.4 is 5.73 Å². The molecule has 0 radical (unpaired) electrons. The Labute approximate surface area is 126 Å². The molecule has 1 aromatic rings. The fraction of sp³-hybridized carbons (Fsp3) is 0.562. The predicted octanol–water partition coefficient (Wildman–Crippen LogP) is 1.28. The van der Waals surface area contributed by atoms with Crippen LogP contribution in [-0.2, 0) is 0 Å². The standard InChI is InChI=1S/C16H25N3O2/c1-2-14(7-8-17)18-9-11-19(12-10-18)16(21)13-3-5-15(20)6-4-13/h3-6,14,20H,2,7-12,17H2,1H3. The zero-order valence-electron chi connectivity index (χ0n) is 12.7. The molecule has 1 fully saturated rings. The Hall–Kier alpha value is -1.59.